The normalized spacial score (nSPS) is 18.9. The average molecular weight is 292 g/mol. The summed E-state index contributed by atoms with van der Waals surface area (Å²) in [6.45, 7) is 3.23. The minimum absolute atomic E-state index is 0.0427. The second kappa shape index (κ2) is 7.08. The van der Waals surface area contributed by atoms with Crippen LogP contribution in [0.4, 0.5) is 10.5 Å². The quantitative estimate of drug-likeness (QED) is 0.922. The zero-order valence-electron chi connectivity index (χ0n) is 12.1. The van der Waals surface area contributed by atoms with Gasteiger partial charge in [0.25, 0.3) is 0 Å². The maximum absolute atomic E-state index is 12.7. The number of rotatable bonds is 3. The number of amides is 2. The molecule has 1 atom stereocenters. The van der Waals surface area contributed by atoms with Gasteiger partial charge in [-0.25, -0.2) is 4.79 Å². The van der Waals surface area contributed by atoms with Gasteiger partial charge in [0.05, 0.1) is 6.10 Å². The van der Waals surface area contributed by atoms with Gasteiger partial charge in [0.1, 0.15) is 6.54 Å². The summed E-state index contributed by atoms with van der Waals surface area (Å²) in [5, 5.41) is 9.06. The summed E-state index contributed by atoms with van der Waals surface area (Å²) in [6.07, 6.45) is 0.713. The number of carbonyl (C=O) groups excluding carboxylic acids is 1. The van der Waals surface area contributed by atoms with Crippen molar-refractivity contribution in [3.05, 3.63) is 30.3 Å². The predicted octanol–water partition coefficient (Wildman–Crippen LogP) is 1.81. The number of anilines is 1. The number of carbonyl (C=O) groups is 2. The molecule has 114 valence electrons. The largest absolute Gasteiger partial charge is 0.480 e. The first-order valence-corrected chi connectivity index (χ1v) is 7.03. The number of hydrogen-bond donors (Lipinski definition) is 1. The molecule has 0 radical (unpaired) electrons. The molecule has 1 aromatic rings. The molecule has 1 aromatic carbocycles. The van der Waals surface area contributed by atoms with Gasteiger partial charge in [0.15, 0.2) is 0 Å². The minimum atomic E-state index is -1.04. The van der Waals surface area contributed by atoms with Crippen LogP contribution < -0.4 is 4.90 Å². The van der Waals surface area contributed by atoms with Gasteiger partial charge in [0.2, 0.25) is 0 Å². The lowest BCUT2D eigenvalue weighted by atomic mass is 10.3. The SMILES string of the molecule is CC1CN(C(=O)N(CC(=O)O)c2ccccc2)CCCO1. The van der Waals surface area contributed by atoms with E-state index in [4.69, 9.17) is 9.84 Å². The van der Waals surface area contributed by atoms with Gasteiger partial charge < -0.3 is 14.7 Å². The average Bonchev–Trinajstić information content (AvgIpc) is 2.69. The number of carboxylic acid groups (broad SMARTS) is 1. The summed E-state index contributed by atoms with van der Waals surface area (Å²) < 4.78 is 5.52. The van der Waals surface area contributed by atoms with Gasteiger partial charge in [-0.1, -0.05) is 18.2 Å². The zero-order valence-corrected chi connectivity index (χ0v) is 12.1. The van der Waals surface area contributed by atoms with Crippen LogP contribution in [0.2, 0.25) is 0 Å². The van der Waals surface area contributed by atoms with Gasteiger partial charge >= 0.3 is 12.0 Å². The molecule has 1 N–H and O–H groups in total. The first kappa shape index (κ1) is 15.3. The zero-order chi connectivity index (χ0) is 15.2. The second-order valence-electron chi connectivity index (χ2n) is 5.08. The first-order chi connectivity index (χ1) is 10.1. The summed E-state index contributed by atoms with van der Waals surface area (Å²) in [7, 11) is 0. The third-order valence-corrected chi connectivity index (χ3v) is 3.31. The molecule has 0 aliphatic carbocycles. The monoisotopic (exact) mass is 292 g/mol. The molecule has 1 saturated heterocycles. The topological polar surface area (TPSA) is 70.1 Å². The van der Waals surface area contributed by atoms with Crippen LogP contribution >= 0.6 is 0 Å². The van der Waals surface area contributed by atoms with E-state index in [1.807, 2.05) is 13.0 Å². The molecule has 1 heterocycles. The maximum Gasteiger partial charge on any atom is 0.325 e. The van der Waals surface area contributed by atoms with Crippen molar-refractivity contribution in [1.82, 2.24) is 4.90 Å². The van der Waals surface area contributed by atoms with Gasteiger partial charge in [-0.2, -0.15) is 0 Å². The number of aliphatic carboxylic acids is 1. The highest BCUT2D eigenvalue weighted by Crippen LogP contribution is 2.17. The van der Waals surface area contributed by atoms with E-state index in [0.29, 0.717) is 25.4 Å². The molecule has 21 heavy (non-hydrogen) atoms. The number of para-hydroxylation sites is 1. The van der Waals surface area contributed by atoms with Gasteiger partial charge in [-0.05, 0) is 25.5 Å². The summed E-state index contributed by atoms with van der Waals surface area (Å²) in [5.74, 6) is -1.04. The Morgan fingerprint density at radius 2 is 2.10 bits per heavy atom. The van der Waals surface area contributed by atoms with E-state index in [1.54, 1.807) is 29.2 Å². The van der Waals surface area contributed by atoms with Crippen molar-refractivity contribution < 1.29 is 19.4 Å². The van der Waals surface area contributed by atoms with Crippen molar-refractivity contribution in [2.24, 2.45) is 0 Å². The lowest BCUT2D eigenvalue weighted by Gasteiger charge is -2.29. The number of urea groups is 1. The second-order valence-corrected chi connectivity index (χ2v) is 5.08. The summed E-state index contributed by atoms with van der Waals surface area (Å²) in [4.78, 5) is 26.7. The fourth-order valence-corrected chi connectivity index (χ4v) is 2.35. The first-order valence-electron chi connectivity index (χ1n) is 7.03. The van der Waals surface area contributed by atoms with E-state index >= 15 is 0 Å². The highest BCUT2D eigenvalue weighted by Gasteiger charge is 2.26. The molecule has 0 aromatic heterocycles. The summed E-state index contributed by atoms with van der Waals surface area (Å²) in [5.41, 5.74) is 0.586. The van der Waals surface area contributed by atoms with Crippen molar-refractivity contribution in [2.75, 3.05) is 31.1 Å². The number of benzene rings is 1. The van der Waals surface area contributed by atoms with Crippen LogP contribution in [-0.4, -0.2) is 54.4 Å². The van der Waals surface area contributed by atoms with E-state index in [0.717, 1.165) is 6.42 Å². The van der Waals surface area contributed by atoms with Crippen LogP contribution in [0.25, 0.3) is 0 Å². The Hall–Kier alpha value is -2.08. The van der Waals surface area contributed by atoms with E-state index in [9.17, 15) is 9.59 Å². The summed E-state index contributed by atoms with van der Waals surface area (Å²) >= 11 is 0. The Balaban J connectivity index is 2.19. The third-order valence-electron chi connectivity index (χ3n) is 3.31. The van der Waals surface area contributed by atoms with Crippen LogP contribution in [0.3, 0.4) is 0 Å². The number of hydrogen-bond acceptors (Lipinski definition) is 3. The molecule has 6 nitrogen and oxygen atoms in total. The number of carboxylic acids is 1. The molecule has 1 unspecified atom stereocenters. The predicted molar refractivity (Wildman–Crippen MR) is 78.4 cm³/mol. The van der Waals surface area contributed by atoms with Crippen molar-refractivity contribution in [1.29, 1.82) is 0 Å². The van der Waals surface area contributed by atoms with Gasteiger partial charge in [-0.15, -0.1) is 0 Å². The van der Waals surface area contributed by atoms with Crippen LogP contribution in [0.1, 0.15) is 13.3 Å². The van der Waals surface area contributed by atoms with Crippen molar-refractivity contribution in [3.8, 4) is 0 Å². The highest BCUT2D eigenvalue weighted by molar-refractivity contribution is 5.96. The molecule has 0 saturated carbocycles. The molecule has 2 rings (SSSR count). The summed E-state index contributed by atoms with van der Waals surface area (Å²) in [6, 6.07) is 8.57. The molecule has 6 heteroatoms. The molecular weight excluding hydrogens is 272 g/mol. The highest BCUT2D eigenvalue weighted by atomic mass is 16.5. The van der Waals surface area contributed by atoms with Gasteiger partial charge in [-0.3, -0.25) is 9.69 Å². The number of ether oxygens (including phenoxy) is 1. The Morgan fingerprint density at radius 1 is 1.38 bits per heavy atom. The Kier molecular flexibility index (Phi) is 5.16. The van der Waals surface area contributed by atoms with E-state index in [1.165, 1.54) is 4.90 Å². The lowest BCUT2D eigenvalue weighted by molar-refractivity contribution is -0.135. The molecule has 0 bridgehead atoms. The third kappa shape index (κ3) is 4.19. The fourth-order valence-electron chi connectivity index (χ4n) is 2.35. The molecule has 0 spiro atoms. The number of nitrogens with zero attached hydrogens (tertiary/aromatic N) is 2. The Labute approximate surface area is 123 Å². The molecular formula is C15H20N2O4. The van der Waals surface area contributed by atoms with Crippen molar-refractivity contribution in [3.63, 3.8) is 0 Å². The fraction of sp³-hybridized carbons (Fsp3) is 0.467. The van der Waals surface area contributed by atoms with Crippen LogP contribution in [0.5, 0.6) is 0 Å². The molecule has 1 aliphatic heterocycles. The van der Waals surface area contributed by atoms with Crippen LogP contribution in [0, 0.1) is 0 Å². The Bertz CT molecular complexity index is 492. The lowest BCUT2D eigenvalue weighted by Crippen LogP contribution is -2.47. The standard InChI is InChI=1S/C15H20N2O4/c1-12-10-16(8-5-9-21-12)15(20)17(11-14(18)19)13-6-3-2-4-7-13/h2-4,6-7,12H,5,8-11H2,1H3,(H,18,19). The van der Waals surface area contributed by atoms with E-state index < -0.39 is 5.97 Å². The maximum atomic E-state index is 12.7. The Morgan fingerprint density at radius 3 is 2.76 bits per heavy atom. The van der Waals surface area contributed by atoms with Crippen LogP contribution in [0.15, 0.2) is 30.3 Å². The van der Waals surface area contributed by atoms with E-state index in [2.05, 4.69) is 0 Å². The molecule has 1 aliphatic rings. The van der Waals surface area contributed by atoms with E-state index in [-0.39, 0.29) is 18.7 Å². The van der Waals surface area contributed by atoms with Crippen molar-refractivity contribution >= 4 is 17.7 Å². The van der Waals surface area contributed by atoms with Crippen LogP contribution in [-0.2, 0) is 9.53 Å². The minimum Gasteiger partial charge on any atom is -0.480 e. The molecule has 1 fully saturated rings. The smallest absolute Gasteiger partial charge is 0.325 e. The molecule has 2 amide bonds. The van der Waals surface area contributed by atoms with Crippen molar-refractivity contribution in [2.45, 2.75) is 19.4 Å². The van der Waals surface area contributed by atoms with Gasteiger partial charge in [0, 0.05) is 25.4 Å².